The zero-order chi connectivity index (χ0) is 22.8. The van der Waals surface area contributed by atoms with Gasteiger partial charge in [-0.3, -0.25) is 5.10 Å². The number of morpholine rings is 1. The van der Waals surface area contributed by atoms with E-state index in [1.54, 1.807) is 11.8 Å². The lowest BCUT2D eigenvalue weighted by atomic mass is 9.76. The second-order valence-electron chi connectivity index (χ2n) is 9.44. The van der Waals surface area contributed by atoms with E-state index in [4.69, 9.17) is 14.7 Å². The molecular formula is C24H31N7OS. The molecule has 1 aliphatic carbocycles. The summed E-state index contributed by atoms with van der Waals surface area (Å²) in [6.07, 6.45) is 5.20. The summed E-state index contributed by atoms with van der Waals surface area (Å²) in [6.45, 7) is 8.48. The van der Waals surface area contributed by atoms with Gasteiger partial charge in [0.25, 0.3) is 0 Å². The molecular weight excluding hydrogens is 434 g/mol. The molecule has 0 saturated carbocycles. The van der Waals surface area contributed by atoms with Crippen molar-refractivity contribution in [2.75, 3.05) is 42.8 Å². The van der Waals surface area contributed by atoms with Gasteiger partial charge in [0.05, 0.1) is 31.1 Å². The summed E-state index contributed by atoms with van der Waals surface area (Å²) < 4.78 is 5.46. The monoisotopic (exact) mass is 465 g/mol. The third-order valence-corrected chi connectivity index (χ3v) is 6.92. The Kier molecular flexibility index (Phi) is 6.25. The maximum absolute atomic E-state index is 5.46. The number of anilines is 2. The largest absolute Gasteiger partial charge is 0.378 e. The first kappa shape index (κ1) is 22.2. The Hall–Kier alpha value is -2.65. The van der Waals surface area contributed by atoms with Crippen LogP contribution in [-0.2, 0) is 24.1 Å². The van der Waals surface area contributed by atoms with Gasteiger partial charge < -0.3 is 15.0 Å². The van der Waals surface area contributed by atoms with E-state index in [2.05, 4.69) is 51.4 Å². The van der Waals surface area contributed by atoms with Crippen LogP contribution in [0.1, 0.15) is 37.2 Å². The first-order valence-electron chi connectivity index (χ1n) is 11.5. The average Bonchev–Trinajstić information content (AvgIpc) is 3.25. The number of fused-ring (bicyclic) bond motifs is 1. The van der Waals surface area contributed by atoms with E-state index in [-0.39, 0.29) is 0 Å². The third kappa shape index (κ3) is 4.99. The number of H-pyrrole nitrogens is 1. The standard InChI is InChI=1S/C24H31N7OS/c1-24(2)8-7-17-19(14-24)29-30-22(17)18-13-20(28-23(27-18)33-3)25-15-16-5-4-6-21(26-16)31-9-11-32-12-10-31/h4-6,13H,7-12,14-15H2,1-3H3,(H,29,30)(H,25,27,28). The minimum absolute atomic E-state index is 0.308. The minimum atomic E-state index is 0.308. The van der Waals surface area contributed by atoms with Crippen LogP contribution in [0.3, 0.4) is 0 Å². The average molecular weight is 466 g/mol. The highest BCUT2D eigenvalue weighted by Gasteiger charge is 2.29. The second-order valence-corrected chi connectivity index (χ2v) is 10.2. The molecule has 8 nitrogen and oxygen atoms in total. The SMILES string of the molecule is CSc1nc(NCc2cccc(N3CCOCC3)n2)cc(-c2n[nH]c3c2CCC(C)(C)C3)n1. The highest BCUT2D eigenvalue weighted by Crippen LogP contribution is 2.37. The van der Waals surface area contributed by atoms with Crippen LogP contribution in [0.4, 0.5) is 11.6 Å². The van der Waals surface area contributed by atoms with Crippen LogP contribution in [0.5, 0.6) is 0 Å². The number of hydrogen-bond acceptors (Lipinski definition) is 8. The molecule has 2 N–H and O–H groups in total. The van der Waals surface area contributed by atoms with E-state index < -0.39 is 0 Å². The molecule has 0 spiro atoms. The summed E-state index contributed by atoms with van der Waals surface area (Å²) >= 11 is 1.54. The predicted molar refractivity (Wildman–Crippen MR) is 132 cm³/mol. The predicted octanol–water partition coefficient (Wildman–Crippen LogP) is 3.95. The van der Waals surface area contributed by atoms with Crippen LogP contribution in [-0.4, -0.2) is 57.7 Å². The smallest absolute Gasteiger partial charge is 0.189 e. The van der Waals surface area contributed by atoms with Crippen molar-refractivity contribution >= 4 is 23.4 Å². The van der Waals surface area contributed by atoms with E-state index in [0.29, 0.717) is 12.0 Å². The number of aromatic amines is 1. The summed E-state index contributed by atoms with van der Waals surface area (Å²) in [5, 5.41) is 12.1. The molecule has 0 amide bonds. The lowest BCUT2D eigenvalue weighted by molar-refractivity contribution is 0.122. The Balaban J connectivity index is 1.35. The quantitative estimate of drug-likeness (QED) is 0.418. The van der Waals surface area contributed by atoms with Crippen molar-refractivity contribution in [3.8, 4) is 11.4 Å². The molecule has 2 aliphatic rings. The maximum Gasteiger partial charge on any atom is 0.189 e. The number of nitrogens with zero attached hydrogens (tertiary/aromatic N) is 5. The highest BCUT2D eigenvalue weighted by atomic mass is 32.2. The number of hydrogen-bond donors (Lipinski definition) is 2. The zero-order valence-corrected chi connectivity index (χ0v) is 20.3. The van der Waals surface area contributed by atoms with Crippen LogP contribution in [0.25, 0.3) is 11.4 Å². The van der Waals surface area contributed by atoms with Gasteiger partial charge in [0.1, 0.15) is 17.3 Å². The Morgan fingerprint density at radius 3 is 2.85 bits per heavy atom. The number of thioether (sulfide) groups is 1. The molecule has 33 heavy (non-hydrogen) atoms. The molecule has 0 aromatic carbocycles. The van der Waals surface area contributed by atoms with Crippen molar-refractivity contribution in [2.45, 2.75) is 44.8 Å². The summed E-state index contributed by atoms with van der Waals surface area (Å²) in [6, 6.07) is 8.17. The van der Waals surface area contributed by atoms with E-state index in [1.807, 2.05) is 18.4 Å². The summed E-state index contributed by atoms with van der Waals surface area (Å²) in [7, 11) is 0. The Morgan fingerprint density at radius 1 is 1.18 bits per heavy atom. The molecule has 5 rings (SSSR count). The van der Waals surface area contributed by atoms with Crippen molar-refractivity contribution in [3.05, 3.63) is 41.2 Å². The summed E-state index contributed by atoms with van der Waals surface area (Å²) in [5.74, 6) is 1.78. The molecule has 3 aromatic heterocycles. The molecule has 1 fully saturated rings. The van der Waals surface area contributed by atoms with Crippen LogP contribution in [0, 0.1) is 5.41 Å². The van der Waals surface area contributed by atoms with Gasteiger partial charge in [-0.05, 0) is 43.1 Å². The van der Waals surface area contributed by atoms with Gasteiger partial charge in [-0.15, -0.1) is 0 Å². The molecule has 0 unspecified atom stereocenters. The number of pyridine rings is 1. The summed E-state index contributed by atoms with van der Waals surface area (Å²) in [5.41, 5.74) is 5.64. The molecule has 9 heteroatoms. The normalized spacial score (nSPS) is 17.6. The topological polar surface area (TPSA) is 91.9 Å². The number of ether oxygens (including phenoxy) is 1. The van der Waals surface area contributed by atoms with Crippen molar-refractivity contribution in [1.82, 2.24) is 25.1 Å². The molecule has 0 bridgehead atoms. The van der Waals surface area contributed by atoms with Crippen LogP contribution >= 0.6 is 11.8 Å². The molecule has 4 heterocycles. The molecule has 0 radical (unpaired) electrons. The fourth-order valence-corrected chi connectivity index (χ4v) is 4.88. The minimum Gasteiger partial charge on any atom is -0.378 e. The first-order chi connectivity index (χ1) is 16.0. The van der Waals surface area contributed by atoms with Crippen LogP contribution in [0.2, 0.25) is 0 Å². The van der Waals surface area contributed by atoms with E-state index >= 15 is 0 Å². The lowest BCUT2D eigenvalue weighted by Gasteiger charge is -2.29. The number of aromatic nitrogens is 5. The van der Waals surface area contributed by atoms with Gasteiger partial charge in [0, 0.05) is 30.4 Å². The van der Waals surface area contributed by atoms with Gasteiger partial charge in [-0.1, -0.05) is 31.7 Å². The number of nitrogens with one attached hydrogen (secondary N) is 2. The van der Waals surface area contributed by atoms with Crippen LogP contribution in [0.15, 0.2) is 29.4 Å². The van der Waals surface area contributed by atoms with Crippen molar-refractivity contribution < 1.29 is 4.74 Å². The second kappa shape index (κ2) is 9.30. The van der Waals surface area contributed by atoms with Gasteiger partial charge in [0.15, 0.2) is 5.16 Å². The highest BCUT2D eigenvalue weighted by molar-refractivity contribution is 7.98. The van der Waals surface area contributed by atoms with Crippen molar-refractivity contribution in [3.63, 3.8) is 0 Å². The fourth-order valence-electron chi connectivity index (χ4n) is 4.50. The van der Waals surface area contributed by atoms with E-state index in [0.717, 1.165) is 79.4 Å². The first-order valence-corrected chi connectivity index (χ1v) is 12.8. The molecule has 1 aliphatic heterocycles. The van der Waals surface area contributed by atoms with E-state index in [9.17, 15) is 0 Å². The van der Waals surface area contributed by atoms with Gasteiger partial charge >= 0.3 is 0 Å². The molecule has 3 aromatic rings. The Labute approximate surface area is 199 Å². The zero-order valence-electron chi connectivity index (χ0n) is 19.5. The molecule has 1 saturated heterocycles. The summed E-state index contributed by atoms with van der Waals surface area (Å²) in [4.78, 5) is 16.5. The molecule has 174 valence electrons. The van der Waals surface area contributed by atoms with Crippen molar-refractivity contribution in [1.29, 1.82) is 0 Å². The molecule has 0 atom stereocenters. The van der Waals surface area contributed by atoms with Crippen molar-refractivity contribution in [2.24, 2.45) is 5.41 Å². The lowest BCUT2D eigenvalue weighted by Crippen LogP contribution is -2.36. The van der Waals surface area contributed by atoms with Gasteiger partial charge in [-0.25, -0.2) is 15.0 Å². The van der Waals surface area contributed by atoms with Crippen LogP contribution < -0.4 is 10.2 Å². The van der Waals surface area contributed by atoms with Gasteiger partial charge in [0.2, 0.25) is 0 Å². The Bertz CT molecular complexity index is 1120. The fraction of sp³-hybridized carbons (Fsp3) is 0.500. The number of rotatable bonds is 6. The Morgan fingerprint density at radius 2 is 2.03 bits per heavy atom. The van der Waals surface area contributed by atoms with Gasteiger partial charge in [-0.2, -0.15) is 5.10 Å². The third-order valence-electron chi connectivity index (χ3n) is 6.37. The van der Waals surface area contributed by atoms with E-state index in [1.165, 1.54) is 11.3 Å². The maximum atomic E-state index is 5.46.